The largest absolute Gasteiger partial charge is 0.497 e. The predicted molar refractivity (Wildman–Crippen MR) is 122 cm³/mol. The number of ether oxygens (including phenoxy) is 1. The van der Waals surface area contributed by atoms with Gasteiger partial charge in [-0.2, -0.15) is 11.8 Å². The van der Waals surface area contributed by atoms with E-state index in [4.69, 9.17) is 4.74 Å². The minimum Gasteiger partial charge on any atom is -0.497 e. The molecule has 0 atom stereocenters. The summed E-state index contributed by atoms with van der Waals surface area (Å²) in [7, 11) is -2.23. The number of thioether (sulfide) groups is 1. The second kappa shape index (κ2) is 10.7. The summed E-state index contributed by atoms with van der Waals surface area (Å²) in [6.07, 6.45) is 6.50. The van der Waals surface area contributed by atoms with Gasteiger partial charge in [0.25, 0.3) is 15.9 Å². The van der Waals surface area contributed by atoms with Crippen LogP contribution in [0.3, 0.4) is 0 Å². The lowest BCUT2D eigenvalue weighted by Crippen LogP contribution is -2.26. The molecule has 2 N–H and O–H groups in total. The highest BCUT2D eigenvalue weighted by molar-refractivity contribution is 7.99. The third-order valence-electron chi connectivity index (χ3n) is 5.04. The summed E-state index contributed by atoms with van der Waals surface area (Å²) in [4.78, 5) is 12.6. The molecule has 0 bridgehead atoms. The van der Waals surface area contributed by atoms with Gasteiger partial charge in [-0.1, -0.05) is 25.3 Å². The van der Waals surface area contributed by atoms with Gasteiger partial charge in [-0.05, 0) is 55.3 Å². The van der Waals surface area contributed by atoms with Gasteiger partial charge in [-0.3, -0.25) is 9.52 Å². The molecule has 0 unspecified atom stereocenters. The molecule has 1 aliphatic rings. The maximum atomic E-state index is 12.6. The molecule has 0 heterocycles. The molecule has 0 saturated heterocycles. The van der Waals surface area contributed by atoms with Gasteiger partial charge in [-0.25, -0.2) is 8.42 Å². The van der Waals surface area contributed by atoms with E-state index in [-0.39, 0.29) is 10.8 Å². The van der Waals surface area contributed by atoms with Crippen LogP contribution in [0.15, 0.2) is 53.4 Å². The molecule has 6 nitrogen and oxygen atoms in total. The van der Waals surface area contributed by atoms with Gasteiger partial charge in [0.1, 0.15) is 5.75 Å². The van der Waals surface area contributed by atoms with E-state index in [1.165, 1.54) is 51.3 Å². The Morgan fingerprint density at radius 1 is 1.10 bits per heavy atom. The van der Waals surface area contributed by atoms with Crippen molar-refractivity contribution in [3.8, 4) is 5.75 Å². The molecule has 3 rings (SSSR count). The molecule has 162 valence electrons. The highest BCUT2D eigenvalue weighted by atomic mass is 32.2. The lowest BCUT2D eigenvalue weighted by Gasteiger charge is -2.20. The highest BCUT2D eigenvalue weighted by Gasteiger charge is 2.16. The molecule has 1 aliphatic carbocycles. The topological polar surface area (TPSA) is 84.5 Å². The lowest BCUT2D eigenvalue weighted by atomic mass is 10.0. The van der Waals surface area contributed by atoms with E-state index in [1.807, 2.05) is 11.8 Å². The van der Waals surface area contributed by atoms with Crippen molar-refractivity contribution in [1.82, 2.24) is 5.32 Å². The van der Waals surface area contributed by atoms with E-state index in [9.17, 15) is 13.2 Å². The number of hydrogen-bond acceptors (Lipinski definition) is 5. The maximum absolute atomic E-state index is 12.6. The fourth-order valence-corrected chi connectivity index (χ4v) is 5.69. The van der Waals surface area contributed by atoms with E-state index in [1.54, 1.807) is 36.4 Å². The standard InChI is InChI=1S/C22H28N2O4S2/c1-28-19-10-12-21(13-11-19)30(26,27)24-18-7-5-6-17(16-18)22(25)23-14-15-29-20-8-3-2-4-9-20/h5-7,10-13,16,20,24H,2-4,8-9,14-15H2,1H3,(H,23,25). The maximum Gasteiger partial charge on any atom is 0.261 e. The van der Waals surface area contributed by atoms with Crippen LogP contribution in [0.25, 0.3) is 0 Å². The molecule has 1 fully saturated rings. The van der Waals surface area contributed by atoms with Gasteiger partial charge in [0, 0.05) is 28.8 Å². The van der Waals surface area contributed by atoms with Crippen LogP contribution in [0.5, 0.6) is 5.75 Å². The molecular formula is C22H28N2O4S2. The second-order valence-corrected chi connectivity index (χ2v) is 10.3. The SMILES string of the molecule is COc1ccc(S(=O)(=O)Nc2cccc(C(=O)NCCSC3CCCCC3)c2)cc1. The van der Waals surface area contributed by atoms with Crippen molar-refractivity contribution in [3.05, 3.63) is 54.1 Å². The van der Waals surface area contributed by atoms with Crippen LogP contribution in [0.4, 0.5) is 5.69 Å². The highest BCUT2D eigenvalue weighted by Crippen LogP contribution is 2.27. The fraction of sp³-hybridized carbons (Fsp3) is 0.409. The first-order valence-corrected chi connectivity index (χ1v) is 12.7. The Hall–Kier alpha value is -2.19. The number of sulfonamides is 1. The summed E-state index contributed by atoms with van der Waals surface area (Å²) < 4.78 is 32.8. The van der Waals surface area contributed by atoms with Gasteiger partial charge in [0.15, 0.2) is 0 Å². The van der Waals surface area contributed by atoms with E-state index in [2.05, 4.69) is 10.0 Å². The molecule has 0 spiro atoms. The number of amides is 1. The van der Waals surface area contributed by atoms with E-state index < -0.39 is 10.0 Å². The Kier molecular flexibility index (Phi) is 8.04. The first-order chi connectivity index (χ1) is 14.5. The number of benzene rings is 2. The summed E-state index contributed by atoms with van der Waals surface area (Å²) in [6.45, 7) is 0.599. The first kappa shape index (κ1) is 22.5. The number of anilines is 1. The zero-order valence-electron chi connectivity index (χ0n) is 17.1. The molecule has 2 aromatic rings. The van der Waals surface area contributed by atoms with Crippen LogP contribution >= 0.6 is 11.8 Å². The van der Waals surface area contributed by atoms with Crippen molar-refractivity contribution >= 4 is 33.4 Å². The summed E-state index contributed by atoms with van der Waals surface area (Å²) in [6, 6.07) is 12.6. The molecule has 2 aromatic carbocycles. The Morgan fingerprint density at radius 2 is 1.83 bits per heavy atom. The lowest BCUT2D eigenvalue weighted by molar-refractivity contribution is 0.0956. The van der Waals surface area contributed by atoms with Crippen molar-refractivity contribution in [3.63, 3.8) is 0 Å². The Labute approximate surface area is 182 Å². The second-order valence-electron chi connectivity index (χ2n) is 7.25. The molecule has 1 saturated carbocycles. The average molecular weight is 449 g/mol. The number of methoxy groups -OCH3 is 1. The van der Waals surface area contributed by atoms with Gasteiger partial charge >= 0.3 is 0 Å². The van der Waals surface area contributed by atoms with E-state index in [0.717, 1.165) is 5.75 Å². The third-order valence-corrected chi connectivity index (χ3v) is 7.82. The van der Waals surface area contributed by atoms with Crippen molar-refractivity contribution in [2.75, 3.05) is 24.1 Å². The fourth-order valence-electron chi connectivity index (χ4n) is 3.42. The zero-order valence-corrected chi connectivity index (χ0v) is 18.7. The van der Waals surface area contributed by atoms with Crippen LogP contribution < -0.4 is 14.8 Å². The smallest absolute Gasteiger partial charge is 0.261 e. The summed E-state index contributed by atoms with van der Waals surface area (Å²) >= 11 is 1.93. The number of carbonyl (C=O) groups is 1. The number of carbonyl (C=O) groups excluding carboxylic acids is 1. The predicted octanol–water partition coefficient (Wildman–Crippen LogP) is 4.29. The summed E-state index contributed by atoms with van der Waals surface area (Å²) in [5.41, 5.74) is 0.766. The number of hydrogen-bond donors (Lipinski definition) is 2. The third kappa shape index (κ3) is 6.40. The Balaban J connectivity index is 1.54. The van der Waals surface area contributed by atoms with Crippen molar-refractivity contribution in [2.45, 2.75) is 42.2 Å². The van der Waals surface area contributed by atoms with Gasteiger partial charge in [0.05, 0.1) is 12.0 Å². The average Bonchev–Trinajstić information content (AvgIpc) is 2.77. The molecule has 1 amide bonds. The van der Waals surface area contributed by atoms with E-state index in [0.29, 0.717) is 28.8 Å². The van der Waals surface area contributed by atoms with Gasteiger partial charge in [-0.15, -0.1) is 0 Å². The van der Waals surface area contributed by atoms with Crippen LogP contribution in [-0.2, 0) is 10.0 Å². The summed E-state index contributed by atoms with van der Waals surface area (Å²) in [5, 5.41) is 3.64. The molecule has 0 aromatic heterocycles. The molecule has 0 aliphatic heterocycles. The quantitative estimate of drug-likeness (QED) is 0.559. The number of rotatable bonds is 9. The van der Waals surface area contributed by atoms with Crippen LogP contribution in [0.1, 0.15) is 42.5 Å². The van der Waals surface area contributed by atoms with Crippen molar-refractivity contribution < 1.29 is 17.9 Å². The van der Waals surface area contributed by atoms with Crippen LogP contribution in [0, 0.1) is 0 Å². The van der Waals surface area contributed by atoms with E-state index >= 15 is 0 Å². The minimum atomic E-state index is -3.75. The Morgan fingerprint density at radius 3 is 2.53 bits per heavy atom. The van der Waals surface area contributed by atoms with Gasteiger partial charge < -0.3 is 10.1 Å². The molecule has 0 radical (unpaired) electrons. The minimum absolute atomic E-state index is 0.123. The molecule has 30 heavy (non-hydrogen) atoms. The van der Waals surface area contributed by atoms with Gasteiger partial charge in [0.2, 0.25) is 0 Å². The normalized spacial score (nSPS) is 14.8. The first-order valence-electron chi connectivity index (χ1n) is 10.1. The van der Waals surface area contributed by atoms with Crippen LogP contribution in [0.2, 0.25) is 0 Å². The monoisotopic (exact) mass is 448 g/mol. The number of nitrogens with one attached hydrogen (secondary N) is 2. The van der Waals surface area contributed by atoms with Crippen molar-refractivity contribution in [2.24, 2.45) is 0 Å². The van der Waals surface area contributed by atoms with Crippen molar-refractivity contribution in [1.29, 1.82) is 0 Å². The van der Waals surface area contributed by atoms with Crippen LogP contribution in [-0.4, -0.2) is 39.0 Å². The molecular weight excluding hydrogens is 420 g/mol. The zero-order chi connectivity index (χ0) is 21.4. The molecule has 8 heteroatoms. The Bertz CT molecular complexity index is 940. The summed E-state index contributed by atoms with van der Waals surface area (Å²) in [5.74, 6) is 1.26.